The fourth-order valence-corrected chi connectivity index (χ4v) is 2.58. The summed E-state index contributed by atoms with van der Waals surface area (Å²) in [6.45, 7) is 4.25. The quantitative estimate of drug-likeness (QED) is 0.682. The Morgan fingerprint density at radius 3 is 2.60 bits per heavy atom. The van der Waals surface area contributed by atoms with Crippen molar-refractivity contribution in [2.24, 2.45) is 5.92 Å². The molecule has 1 aromatic rings. The highest BCUT2D eigenvalue weighted by atomic mass is 79.9. The van der Waals surface area contributed by atoms with E-state index in [1.807, 2.05) is 6.07 Å². The molecule has 0 fully saturated rings. The van der Waals surface area contributed by atoms with Gasteiger partial charge in [-0.05, 0) is 36.1 Å². The van der Waals surface area contributed by atoms with Crippen LogP contribution in [0.3, 0.4) is 0 Å². The van der Waals surface area contributed by atoms with Crippen LogP contribution in [0, 0.1) is 11.7 Å². The first kappa shape index (κ1) is 13.2. The molecule has 0 radical (unpaired) electrons. The Labute approximate surface area is 108 Å². The third-order valence-corrected chi connectivity index (χ3v) is 3.90. The summed E-state index contributed by atoms with van der Waals surface area (Å²) in [6.07, 6.45) is 1.84. The molecule has 0 spiro atoms. The van der Waals surface area contributed by atoms with Gasteiger partial charge in [0.2, 0.25) is 0 Å². The average molecular weight is 338 g/mol. The van der Waals surface area contributed by atoms with Crippen molar-refractivity contribution in [3.05, 3.63) is 34.1 Å². The Morgan fingerprint density at radius 1 is 1.40 bits per heavy atom. The lowest BCUT2D eigenvalue weighted by atomic mass is 9.94. The van der Waals surface area contributed by atoms with Gasteiger partial charge < -0.3 is 0 Å². The smallest absolute Gasteiger partial charge is 0.126 e. The second-order valence-corrected chi connectivity index (χ2v) is 6.15. The summed E-state index contributed by atoms with van der Waals surface area (Å²) in [5.41, 5.74) is 0.794. The Balaban J connectivity index is 2.82. The first-order chi connectivity index (χ1) is 7.04. The van der Waals surface area contributed by atoms with Gasteiger partial charge >= 0.3 is 0 Å². The minimum absolute atomic E-state index is 0.107. The maximum Gasteiger partial charge on any atom is 0.126 e. The molecule has 0 aliphatic heterocycles. The van der Waals surface area contributed by atoms with Gasteiger partial charge in [0.15, 0.2) is 0 Å². The summed E-state index contributed by atoms with van der Waals surface area (Å²) in [5, 5.41) is 0. The highest BCUT2D eigenvalue weighted by molar-refractivity contribution is 9.10. The first-order valence-electron chi connectivity index (χ1n) is 5.12. The molecular weight excluding hydrogens is 323 g/mol. The van der Waals surface area contributed by atoms with Gasteiger partial charge in [-0.3, -0.25) is 0 Å². The van der Waals surface area contributed by atoms with Gasteiger partial charge in [-0.1, -0.05) is 52.1 Å². The zero-order chi connectivity index (χ0) is 11.4. The Hall–Kier alpha value is 0.110. The molecule has 1 rings (SSSR count). The van der Waals surface area contributed by atoms with E-state index in [9.17, 15) is 4.39 Å². The third-order valence-electron chi connectivity index (χ3n) is 2.66. The molecular formula is C12H15Br2F. The maximum absolute atomic E-state index is 13.5. The first-order valence-corrected chi connectivity index (χ1v) is 6.83. The van der Waals surface area contributed by atoms with Crippen LogP contribution in [0.4, 0.5) is 4.39 Å². The van der Waals surface area contributed by atoms with Crippen molar-refractivity contribution in [3.63, 3.8) is 0 Å². The minimum atomic E-state index is -0.107. The molecule has 0 aliphatic rings. The van der Waals surface area contributed by atoms with Crippen molar-refractivity contribution in [3.8, 4) is 0 Å². The second-order valence-electron chi connectivity index (χ2n) is 3.79. The van der Waals surface area contributed by atoms with E-state index < -0.39 is 0 Å². The molecule has 0 bridgehead atoms. The molecule has 0 saturated heterocycles. The molecule has 0 aliphatic carbocycles. The number of hydrogen-bond donors (Lipinski definition) is 0. The summed E-state index contributed by atoms with van der Waals surface area (Å²) in [5.74, 6) is 0.374. The lowest BCUT2D eigenvalue weighted by Gasteiger charge is -2.18. The van der Waals surface area contributed by atoms with Gasteiger partial charge in [-0.15, -0.1) is 0 Å². The molecule has 2 unspecified atom stereocenters. The number of benzene rings is 1. The van der Waals surface area contributed by atoms with Crippen LogP contribution in [0.1, 0.15) is 25.8 Å². The average Bonchev–Trinajstić information content (AvgIpc) is 2.18. The SMILES string of the molecule is CCC(Cc1cc(Br)ccc1F)C(C)Br. The zero-order valence-electron chi connectivity index (χ0n) is 8.93. The van der Waals surface area contributed by atoms with Crippen molar-refractivity contribution in [2.75, 3.05) is 0 Å². The van der Waals surface area contributed by atoms with Crippen molar-refractivity contribution in [1.29, 1.82) is 0 Å². The van der Waals surface area contributed by atoms with Crippen molar-refractivity contribution >= 4 is 31.9 Å². The van der Waals surface area contributed by atoms with E-state index in [1.165, 1.54) is 6.07 Å². The molecule has 2 atom stereocenters. The summed E-state index contributed by atoms with van der Waals surface area (Å²) >= 11 is 6.93. The van der Waals surface area contributed by atoms with Crippen molar-refractivity contribution in [2.45, 2.75) is 31.5 Å². The van der Waals surface area contributed by atoms with Crippen molar-refractivity contribution < 1.29 is 4.39 Å². The van der Waals surface area contributed by atoms with Crippen LogP contribution in [0.2, 0.25) is 0 Å². The van der Waals surface area contributed by atoms with E-state index in [-0.39, 0.29) is 5.82 Å². The van der Waals surface area contributed by atoms with Crippen LogP contribution in [0.15, 0.2) is 22.7 Å². The van der Waals surface area contributed by atoms with E-state index in [1.54, 1.807) is 6.07 Å². The molecule has 0 heterocycles. The predicted octanol–water partition coefficient (Wildman–Crippen LogP) is 4.94. The van der Waals surface area contributed by atoms with Gasteiger partial charge in [0, 0.05) is 9.30 Å². The van der Waals surface area contributed by atoms with Gasteiger partial charge in [0.1, 0.15) is 5.82 Å². The van der Waals surface area contributed by atoms with Gasteiger partial charge in [0.05, 0.1) is 0 Å². The van der Waals surface area contributed by atoms with E-state index in [0.717, 1.165) is 22.9 Å². The monoisotopic (exact) mass is 336 g/mol. The normalized spacial score (nSPS) is 15.0. The fourth-order valence-electron chi connectivity index (χ4n) is 1.61. The fraction of sp³-hybridized carbons (Fsp3) is 0.500. The van der Waals surface area contributed by atoms with Gasteiger partial charge in [-0.2, -0.15) is 0 Å². The molecule has 1 aromatic carbocycles. The lowest BCUT2D eigenvalue weighted by molar-refractivity contribution is 0.491. The Kier molecular flexibility index (Phi) is 5.27. The molecule has 3 heteroatoms. The topological polar surface area (TPSA) is 0 Å². The summed E-state index contributed by atoms with van der Waals surface area (Å²) in [6, 6.07) is 5.12. The highest BCUT2D eigenvalue weighted by Gasteiger charge is 2.15. The predicted molar refractivity (Wildman–Crippen MR) is 70.0 cm³/mol. The van der Waals surface area contributed by atoms with Crippen LogP contribution in [-0.4, -0.2) is 4.83 Å². The van der Waals surface area contributed by atoms with Crippen molar-refractivity contribution in [1.82, 2.24) is 0 Å². The molecule has 0 nitrogen and oxygen atoms in total. The standard InChI is InChI=1S/C12H15Br2F/c1-3-9(8(2)13)6-10-7-11(14)4-5-12(10)15/h4-5,7-9H,3,6H2,1-2H3. The largest absolute Gasteiger partial charge is 0.207 e. The molecule has 15 heavy (non-hydrogen) atoms. The van der Waals surface area contributed by atoms with Crippen LogP contribution in [0.5, 0.6) is 0 Å². The summed E-state index contributed by atoms with van der Waals surface area (Å²) < 4.78 is 14.4. The minimum Gasteiger partial charge on any atom is -0.207 e. The highest BCUT2D eigenvalue weighted by Crippen LogP contribution is 2.24. The zero-order valence-corrected chi connectivity index (χ0v) is 12.1. The molecule has 0 N–H and O–H groups in total. The van der Waals surface area contributed by atoms with E-state index in [0.29, 0.717) is 10.7 Å². The van der Waals surface area contributed by atoms with E-state index >= 15 is 0 Å². The number of hydrogen-bond acceptors (Lipinski definition) is 0. The molecule has 0 aromatic heterocycles. The third kappa shape index (κ3) is 3.87. The Morgan fingerprint density at radius 2 is 2.07 bits per heavy atom. The number of halogens is 3. The molecule has 0 saturated carbocycles. The lowest BCUT2D eigenvalue weighted by Crippen LogP contribution is -2.13. The van der Waals surface area contributed by atoms with Gasteiger partial charge in [-0.25, -0.2) is 4.39 Å². The summed E-state index contributed by atoms with van der Waals surface area (Å²) in [4.78, 5) is 0.417. The summed E-state index contributed by atoms with van der Waals surface area (Å²) in [7, 11) is 0. The van der Waals surface area contributed by atoms with Crippen LogP contribution < -0.4 is 0 Å². The van der Waals surface area contributed by atoms with Crippen LogP contribution in [-0.2, 0) is 6.42 Å². The molecule has 0 amide bonds. The number of alkyl halides is 1. The number of rotatable bonds is 4. The van der Waals surface area contributed by atoms with Gasteiger partial charge in [0.25, 0.3) is 0 Å². The van der Waals surface area contributed by atoms with E-state index in [2.05, 4.69) is 45.7 Å². The van der Waals surface area contributed by atoms with Crippen LogP contribution >= 0.6 is 31.9 Å². The molecule has 84 valence electrons. The Bertz CT molecular complexity index is 323. The second kappa shape index (κ2) is 6.00. The van der Waals surface area contributed by atoms with Crippen LogP contribution in [0.25, 0.3) is 0 Å². The maximum atomic E-state index is 13.5. The van der Waals surface area contributed by atoms with E-state index in [4.69, 9.17) is 0 Å².